The highest BCUT2D eigenvalue weighted by atomic mass is 16.7. The van der Waals surface area contributed by atoms with Crippen molar-refractivity contribution in [3.63, 3.8) is 0 Å². The molecule has 4 unspecified atom stereocenters. The largest absolute Gasteiger partial charge is 0.462 e. The lowest BCUT2D eigenvalue weighted by Gasteiger charge is -2.42. The summed E-state index contributed by atoms with van der Waals surface area (Å²) >= 11 is 0. The quantitative estimate of drug-likeness (QED) is 0.0203. The van der Waals surface area contributed by atoms with Crippen LogP contribution in [-0.2, 0) is 38.0 Å². The van der Waals surface area contributed by atoms with E-state index in [0.29, 0.717) is 12.8 Å². The predicted molar refractivity (Wildman–Crippen MR) is 243 cm³/mol. The third-order valence-corrected chi connectivity index (χ3v) is 11.9. The van der Waals surface area contributed by atoms with Crippen LogP contribution in [0.2, 0.25) is 0 Å². The van der Waals surface area contributed by atoms with Crippen LogP contribution in [0.15, 0.2) is 24.3 Å². The summed E-state index contributed by atoms with van der Waals surface area (Å²) in [7, 11) is 0. The van der Waals surface area contributed by atoms with Crippen LogP contribution in [0.3, 0.4) is 0 Å². The van der Waals surface area contributed by atoms with Crippen molar-refractivity contribution in [2.45, 2.75) is 248 Å². The summed E-state index contributed by atoms with van der Waals surface area (Å²) < 4.78 is 33.5. The Morgan fingerprint density at radius 3 is 1.39 bits per heavy atom. The van der Waals surface area contributed by atoms with Crippen LogP contribution < -0.4 is 0 Å². The molecule has 2 heterocycles. The van der Waals surface area contributed by atoms with E-state index in [1.807, 2.05) is 0 Å². The number of aliphatic hydroxyl groups excluding tert-OH is 7. The Bertz CT molecular complexity index is 1220. The summed E-state index contributed by atoms with van der Waals surface area (Å²) in [6.45, 7) is 2.55. The van der Waals surface area contributed by atoms with Crippen LogP contribution >= 0.6 is 0 Å². The van der Waals surface area contributed by atoms with Gasteiger partial charge in [0.2, 0.25) is 0 Å². The van der Waals surface area contributed by atoms with Crippen molar-refractivity contribution in [2.24, 2.45) is 0 Å². The SMILES string of the molecule is CCCCCCCC/C=C/CCCCCCCC(=O)O[C@H](COC(=O)CCCCC/C=C/CCCCCCCC)CO[C@@H]1O[C@H](CO[C@@H]2O[C@H](CO)[C@H](O)C(O)C2O)[C@H](O)C(O)C1O. The highest BCUT2D eigenvalue weighted by Gasteiger charge is 2.47. The van der Waals surface area contributed by atoms with E-state index < -0.39 is 92.7 Å². The van der Waals surface area contributed by atoms with Crippen molar-refractivity contribution in [3.8, 4) is 0 Å². The zero-order valence-electron chi connectivity index (χ0n) is 39.3. The minimum atomic E-state index is -1.77. The van der Waals surface area contributed by atoms with Crippen molar-refractivity contribution in [2.75, 3.05) is 26.4 Å². The summed E-state index contributed by atoms with van der Waals surface area (Å²) in [5, 5.41) is 72.0. The monoisotopic (exact) mass is 917 g/mol. The first-order valence-electron chi connectivity index (χ1n) is 24.9. The molecule has 0 spiro atoms. The number of carbonyl (C=O) groups excluding carboxylic acids is 2. The summed E-state index contributed by atoms with van der Waals surface area (Å²) in [6.07, 6.45) is 19.2. The normalized spacial score (nSPS) is 26.8. The van der Waals surface area contributed by atoms with Crippen molar-refractivity contribution in [1.29, 1.82) is 0 Å². The number of hydrogen-bond acceptors (Lipinski definition) is 15. The molecular formula is C49H88O15. The van der Waals surface area contributed by atoms with Crippen LogP contribution in [0.4, 0.5) is 0 Å². The molecule has 2 saturated heterocycles. The summed E-state index contributed by atoms with van der Waals surface area (Å²) in [6, 6.07) is 0. The van der Waals surface area contributed by atoms with Gasteiger partial charge in [-0.2, -0.15) is 0 Å². The Kier molecular flexibility index (Phi) is 33.6. The highest BCUT2D eigenvalue weighted by Crippen LogP contribution is 2.26. The maximum Gasteiger partial charge on any atom is 0.306 e. The first kappa shape index (κ1) is 58.1. The van der Waals surface area contributed by atoms with Crippen LogP contribution in [0.25, 0.3) is 0 Å². The minimum absolute atomic E-state index is 0.154. The molecule has 0 bridgehead atoms. The van der Waals surface area contributed by atoms with E-state index >= 15 is 0 Å². The maximum absolute atomic E-state index is 13.0. The van der Waals surface area contributed by atoms with Crippen molar-refractivity contribution >= 4 is 11.9 Å². The first-order valence-corrected chi connectivity index (χ1v) is 24.9. The van der Waals surface area contributed by atoms with Crippen molar-refractivity contribution in [1.82, 2.24) is 0 Å². The van der Waals surface area contributed by atoms with Crippen LogP contribution in [-0.4, -0.2) is 142 Å². The molecular weight excluding hydrogens is 829 g/mol. The predicted octanol–water partition coefficient (Wildman–Crippen LogP) is 6.38. The van der Waals surface area contributed by atoms with Gasteiger partial charge in [-0.05, 0) is 64.2 Å². The number of esters is 2. The Morgan fingerprint density at radius 2 is 0.891 bits per heavy atom. The molecule has 374 valence electrons. The van der Waals surface area contributed by atoms with Gasteiger partial charge in [0, 0.05) is 12.8 Å². The number of carbonyl (C=O) groups is 2. The molecule has 2 rings (SSSR count). The number of hydrogen-bond donors (Lipinski definition) is 7. The van der Waals surface area contributed by atoms with Gasteiger partial charge in [-0.1, -0.05) is 128 Å². The number of allylic oxidation sites excluding steroid dienone is 4. The average molecular weight is 917 g/mol. The zero-order valence-corrected chi connectivity index (χ0v) is 39.3. The molecule has 0 aromatic heterocycles. The van der Waals surface area contributed by atoms with Crippen LogP contribution in [0.5, 0.6) is 0 Å². The number of ether oxygens (including phenoxy) is 6. The Balaban J connectivity index is 1.84. The van der Waals surface area contributed by atoms with Gasteiger partial charge in [0.15, 0.2) is 18.7 Å². The molecule has 7 N–H and O–H groups in total. The Morgan fingerprint density at radius 1 is 0.484 bits per heavy atom. The van der Waals surface area contributed by atoms with Crippen molar-refractivity contribution < 1.29 is 73.8 Å². The van der Waals surface area contributed by atoms with E-state index in [1.54, 1.807) is 0 Å². The third-order valence-electron chi connectivity index (χ3n) is 11.9. The molecule has 11 atom stereocenters. The molecule has 2 aliphatic heterocycles. The van der Waals surface area contributed by atoms with E-state index in [0.717, 1.165) is 64.2 Å². The van der Waals surface area contributed by atoms with Gasteiger partial charge in [-0.3, -0.25) is 9.59 Å². The summed E-state index contributed by atoms with van der Waals surface area (Å²) in [5.41, 5.74) is 0. The number of unbranched alkanes of at least 4 members (excludes halogenated alkanes) is 20. The Hall–Kier alpha value is -2.02. The minimum Gasteiger partial charge on any atom is -0.462 e. The van der Waals surface area contributed by atoms with Gasteiger partial charge < -0.3 is 64.2 Å². The molecule has 0 amide bonds. The van der Waals surface area contributed by atoms with E-state index in [1.165, 1.54) is 77.0 Å². The maximum atomic E-state index is 13.0. The Labute approximate surface area is 383 Å². The number of rotatable bonds is 38. The molecule has 0 aromatic carbocycles. The van der Waals surface area contributed by atoms with Crippen molar-refractivity contribution in [3.05, 3.63) is 24.3 Å². The van der Waals surface area contributed by atoms with Crippen LogP contribution in [0.1, 0.15) is 181 Å². The first-order chi connectivity index (χ1) is 31.0. The van der Waals surface area contributed by atoms with E-state index in [-0.39, 0.29) is 26.1 Å². The topological polar surface area (TPSA) is 231 Å². The van der Waals surface area contributed by atoms with E-state index in [9.17, 15) is 45.3 Å². The van der Waals surface area contributed by atoms with Gasteiger partial charge in [-0.15, -0.1) is 0 Å². The summed E-state index contributed by atoms with van der Waals surface area (Å²) in [4.78, 5) is 25.7. The molecule has 64 heavy (non-hydrogen) atoms. The smallest absolute Gasteiger partial charge is 0.306 e. The van der Waals surface area contributed by atoms with E-state index in [4.69, 9.17) is 28.4 Å². The fraction of sp³-hybridized carbons (Fsp3) is 0.878. The van der Waals surface area contributed by atoms with Crippen LogP contribution in [0, 0.1) is 0 Å². The highest BCUT2D eigenvalue weighted by molar-refractivity contribution is 5.70. The van der Waals surface area contributed by atoms with Gasteiger partial charge in [0.05, 0.1) is 19.8 Å². The second kappa shape index (κ2) is 37.0. The third kappa shape index (κ3) is 25.2. The van der Waals surface area contributed by atoms with Gasteiger partial charge in [-0.25, -0.2) is 0 Å². The molecule has 2 aliphatic rings. The molecule has 2 fully saturated rings. The van der Waals surface area contributed by atoms with Gasteiger partial charge >= 0.3 is 11.9 Å². The fourth-order valence-electron chi connectivity index (χ4n) is 7.73. The van der Waals surface area contributed by atoms with Gasteiger partial charge in [0.25, 0.3) is 0 Å². The summed E-state index contributed by atoms with van der Waals surface area (Å²) in [5.74, 6) is -0.951. The van der Waals surface area contributed by atoms with Gasteiger partial charge in [0.1, 0.15) is 55.4 Å². The molecule has 15 nitrogen and oxygen atoms in total. The standard InChI is InChI=1S/C49H88O15/c1-3-5-7-9-11-13-15-17-18-20-22-24-26-28-30-32-41(52)62-37(34-59-40(51)31-29-27-25-23-21-19-16-14-12-10-8-6-4-2)35-60-48-47(58)45(56)43(54)39(64-48)36-61-49-46(57)44(55)42(53)38(33-50)63-49/h17-19,21,37-39,42-50,53-58H,3-16,20,22-36H2,1-2H3/b18-17+,21-19+/t37-,38-,39-,42+,43+,44?,45?,46?,47?,48-,49-/m1/s1. The molecule has 0 radical (unpaired) electrons. The zero-order chi connectivity index (χ0) is 46.8. The number of aliphatic hydroxyl groups is 7. The van der Waals surface area contributed by atoms with E-state index in [2.05, 4.69) is 38.2 Å². The lowest BCUT2D eigenvalue weighted by atomic mass is 9.98. The molecule has 0 aromatic rings. The molecule has 15 heteroatoms. The lowest BCUT2D eigenvalue weighted by Crippen LogP contribution is -2.61. The molecule has 0 saturated carbocycles. The second-order valence-corrected chi connectivity index (χ2v) is 17.6. The fourth-order valence-corrected chi connectivity index (χ4v) is 7.73. The average Bonchev–Trinajstić information content (AvgIpc) is 3.29. The lowest BCUT2D eigenvalue weighted by molar-refractivity contribution is -0.332. The second-order valence-electron chi connectivity index (χ2n) is 17.6. The molecule has 0 aliphatic carbocycles.